The van der Waals surface area contributed by atoms with E-state index in [2.05, 4.69) is 74.7 Å². The predicted octanol–water partition coefficient (Wildman–Crippen LogP) is 8.13. The molecular formula is C44H79NO8. The number of carbonyl (C=O) groups excluding carboxylic acids is 1. The maximum absolute atomic E-state index is 12.9. The Bertz CT molecular complexity index is 982. The van der Waals surface area contributed by atoms with E-state index in [4.69, 9.17) is 9.47 Å². The molecule has 0 aromatic carbocycles. The van der Waals surface area contributed by atoms with Crippen LogP contribution in [-0.2, 0) is 14.3 Å². The average Bonchev–Trinajstić information content (AvgIpc) is 3.16. The zero-order chi connectivity index (χ0) is 38.9. The lowest BCUT2D eigenvalue weighted by Crippen LogP contribution is -2.60. The summed E-state index contributed by atoms with van der Waals surface area (Å²) in [6.07, 6.45) is 32.7. The van der Waals surface area contributed by atoms with Gasteiger partial charge in [-0.15, -0.1) is 0 Å². The second-order valence-electron chi connectivity index (χ2n) is 15.0. The maximum Gasteiger partial charge on any atom is 0.220 e. The van der Waals surface area contributed by atoms with Gasteiger partial charge in [0.15, 0.2) is 6.29 Å². The molecule has 8 atom stereocenters. The summed E-state index contributed by atoms with van der Waals surface area (Å²) < 4.78 is 11.2. The number of hydrogen-bond acceptors (Lipinski definition) is 8. The Labute approximate surface area is 323 Å². The number of ether oxygens (including phenoxy) is 2. The highest BCUT2D eigenvalue weighted by Crippen LogP contribution is 2.23. The van der Waals surface area contributed by atoms with Gasteiger partial charge in [-0.05, 0) is 50.9 Å². The SMILES string of the molecule is CCCCCCCCCCCCCCC[C@@H](O)[C@H](COC1OC(CO)C(O)C(O)C1O)NC(=O)CCC/C=C\C/C=C\C/C=C\C/C=C\CC(C)CC. The van der Waals surface area contributed by atoms with Crippen LogP contribution in [0.15, 0.2) is 48.6 Å². The minimum absolute atomic E-state index is 0.162. The summed E-state index contributed by atoms with van der Waals surface area (Å²) in [5, 5.41) is 54.2. The molecule has 53 heavy (non-hydrogen) atoms. The van der Waals surface area contributed by atoms with Crippen LogP contribution in [0.25, 0.3) is 0 Å². The van der Waals surface area contributed by atoms with Crippen molar-refractivity contribution >= 4 is 5.91 Å². The van der Waals surface area contributed by atoms with Crippen LogP contribution in [0.3, 0.4) is 0 Å². The van der Waals surface area contributed by atoms with Crippen molar-refractivity contribution in [2.24, 2.45) is 5.92 Å². The van der Waals surface area contributed by atoms with E-state index in [0.29, 0.717) is 19.3 Å². The third-order valence-electron chi connectivity index (χ3n) is 10.2. The smallest absolute Gasteiger partial charge is 0.220 e. The summed E-state index contributed by atoms with van der Waals surface area (Å²) in [4.78, 5) is 12.9. The van der Waals surface area contributed by atoms with Crippen LogP contribution < -0.4 is 5.32 Å². The number of allylic oxidation sites excluding steroid dienone is 8. The molecule has 9 nitrogen and oxygen atoms in total. The molecule has 0 radical (unpaired) electrons. The first-order valence-corrected chi connectivity index (χ1v) is 21.2. The zero-order valence-electron chi connectivity index (χ0n) is 33.7. The van der Waals surface area contributed by atoms with E-state index < -0.39 is 49.5 Å². The van der Waals surface area contributed by atoms with Crippen molar-refractivity contribution < 1.29 is 39.8 Å². The van der Waals surface area contributed by atoms with Gasteiger partial charge in [0.25, 0.3) is 0 Å². The summed E-state index contributed by atoms with van der Waals surface area (Å²) in [5.74, 6) is 0.547. The molecule has 9 heteroatoms. The lowest BCUT2D eigenvalue weighted by Gasteiger charge is -2.40. The molecule has 1 fully saturated rings. The molecule has 6 unspecified atom stereocenters. The standard InChI is InChI=1S/C44H79NO8/c1-4-6-7-8-9-10-11-13-17-20-23-26-29-32-38(47)37(35-52-44-43(51)42(50)41(49)39(34-46)53-44)45-40(48)33-30-27-24-21-18-15-12-14-16-19-22-25-28-31-36(3)5-2/h12,15-16,19,21,24-25,28,36-39,41-44,46-47,49-51H,4-11,13-14,17-18,20,22-23,26-27,29-35H2,1-3H3,(H,45,48)/b15-12-,19-16-,24-21-,28-25-/t36?,37-,38+,39?,41?,42?,43?,44?/m0/s1. The number of amides is 1. The van der Waals surface area contributed by atoms with Crippen LogP contribution in [0.4, 0.5) is 0 Å². The number of rotatable bonds is 33. The fraction of sp³-hybridized carbons (Fsp3) is 0.795. The molecule has 1 aliphatic heterocycles. The third-order valence-corrected chi connectivity index (χ3v) is 10.2. The quantitative estimate of drug-likeness (QED) is 0.0291. The highest BCUT2D eigenvalue weighted by atomic mass is 16.7. The van der Waals surface area contributed by atoms with Crippen molar-refractivity contribution in [1.82, 2.24) is 5.32 Å². The van der Waals surface area contributed by atoms with Crippen LogP contribution in [0, 0.1) is 5.92 Å². The molecule has 0 spiro atoms. The van der Waals surface area contributed by atoms with Crippen molar-refractivity contribution in [3.8, 4) is 0 Å². The van der Waals surface area contributed by atoms with E-state index >= 15 is 0 Å². The summed E-state index contributed by atoms with van der Waals surface area (Å²) in [6.45, 7) is 6.02. The Balaban J connectivity index is 2.44. The predicted molar refractivity (Wildman–Crippen MR) is 216 cm³/mol. The van der Waals surface area contributed by atoms with Crippen LogP contribution in [0.2, 0.25) is 0 Å². The van der Waals surface area contributed by atoms with Crippen LogP contribution in [-0.4, -0.2) is 87.5 Å². The van der Waals surface area contributed by atoms with E-state index in [0.717, 1.165) is 57.3 Å². The molecule has 0 aliphatic carbocycles. The topological polar surface area (TPSA) is 149 Å². The molecule has 0 aromatic rings. The lowest BCUT2D eigenvalue weighted by atomic mass is 9.99. The summed E-state index contributed by atoms with van der Waals surface area (Å²) in [5.41, 5.74) is 0. The molecule has 1 heterocycles. The fourth-order valence-corrected chi connectivity index (χ4v) is 6.31. The number of hydrogen-bond donors (Lipinski definition) is 6. The van der Waals surface area contributed by atoms with Crippen LogP contribution in [0.5, 0.6) is 0 Å². The monoisotopic (exact) mass is 750 g/mol. The molecule has 1 aliphatic rings. The highest BCUT2D eigenvalue weighted by molar-refractivity contribution is 5.76. The fourth-order valence-electron chi connectivity index (χ4n) is 6.31. The Morgan fingerprint density at radius 3 is 1.79 bits per heavy atom. The summed E-state index contributed by atoms with van der Waals surface area (Å²) in [6, 6.07) is -0.747. The maximum atomic E-state index is 12.9. The molecule has 1 rings (SSSR count). The molecule has 0 saturated carbocycles. The van der Waals surface area contributed by atoms with E-state index in [1.807, 2.05) is 0 Å². The molecule has 6 N–H and O–H groups in total. The van der Waals surface area contributed by atoms with E-state index in [-0.39, 0.29) is 12.5 Å². The van der Waals surface area contributed by atoms with E-state index in [9.17, 15) is 30.3 Å². The molecular weight excluding hydrogens is 670 g/mol. The van der Waals surface area contributed by atoms with Gasteiger partial charge in [0, 0.05) is 6.42 Å². The van der Waals surface area contributed by atoms with Gasteiger partial charge in [0.1, 0.15) is 24.4 Å². The van der Waals surface area contributed by atoms with Gasteiger partial charge in [0.2, 0.25) is 5.91 Å². The Kier molecular flexibility index (Phi) is 31.1. The summed E-state index contributed by atoms with van der Waals surface area (Å²) >= 11 is 0. The Hall–Kier alpha value is -1.85. The van der Waals surface area contributed by atoms with Crippen LogP contribution >= 0.6 is 0 Å². The van der Waals surface area contributed by atoms with Crippen molar-refractivity contribution in [1.29, 1.82) is 0 Å². The van der Waals surface area contributed by atoms with Crippen molar-refractivity contribution in [2.75, 3.05) is 13.2 Å². The Morgan fingerprint density at radius 2 is 1.25 bits per heavy atom. The Morgan fingerprint density at radius 1 is 0.717 bits per heavy atom. The number of unbranched alkanes of at least 4 members (excludes halogenated alkanes) is 13. The van der Waals surface area contributed by atoms with E-state index in [1.54, 1.807) is 0 Å². The van der Waals surface area contributed by atoms with Gasteiger partial charge in [-0.25, -0.2) is 0 Å². The largest absolute Gasteiger partial charge is 0.394 e. The first kappa shape index (κ1) is 49.2. The van der Waals surface area contributed by atoms with E-state index in [1.165, 1.54) is 70.6 Å². The number of aliphatic hydroxyl groups is 5. The molecule has 0 aromatic heterocycles. The minimum atomic E-state index is -1.56. The minimum Gasteiger partial charge on any atom is -0.394 e. The van der Waals surface area contributed by atoms with Crippen molar-refractivity contribution in [3.63, 3.8) is 0 Å². The number of carbonyl (C=O) groups is 1. The zero-order valence-corrected chi connectivity index (χ0v) is 33.7. The second-order valence-corrected chi connectivity index (χ2v) is 15.0. The second kappa shape index (κ2) is 33.5. The van der Waals surface area contributed by atoms with Gasteiger partial charge >= 0.3 is 0 Å². The van der Waals surface area contributed by atoms with Crippen molar-refractivity contribution in [2.45, 2.75) is 205 Å². The molecule has 1 amide bonds. The normalized spacial score (nSPS) is 22.8. The van der Waals surface area contributed by atoms with Crippen molar-refractivity contribution in [3.05, 3.63) is 48.6 Å². The summed E-state index contributed by atoms with van der Waals surface area (Å²) in [7, 11) is 0. The molecule has 0 bridgehead atoms. The third kappa shape index (κ3) is 25.0. The average molecular weight is 750 g/mol. The van der Waals surface area contributed by atoms with Gasteiger partial charge < -0.3 is 40.3 Å². The molecule has 308 valence electrons. The first-order chi connectivity index (χ1) is 25.7. The highest BCUT2D eigenvalue weighted by Gasteiger charge is 2.44. The molecule has 1 saturated heterocycles. The van der Waals surface area contributed by atoms with Crippen LogP contribution in [0.1, 0.15) is 162 Å². The van der Waals surface area contributed by atoms with Gasteiger partial charge in [0.05, 0.1) is 25.4 Å². The van der Waals surface area contributed by atoms with Gasteiger partial charge in [-0.1, -0.05) is 159 Å². The van der Waals surface area contributed by atoms with Gasteiger partial charge in [-0.2, -0.15) is 0 Å². The number of nitrogens with one attached hydrogen (secondary N) is 1. The van der Waals surface area contributed by atoms with Gasteiger partial charge in [-0.3, -0.25) is 4.79 Å². The number of aliphatic hydroxyl groups excluding tert-OH is 5. The lowest BCUT2D eigenvalue weighted by molar-refractivity contribution is -0.302. The first-order valence-electron chi connectivity index (χ1n) is 21.2.